The molecule has 11 heteroatoms. The van der Waals surface area contributed by atoms with Gasteiger partial charge in [-0.05, 0) is 75.2 Å². The van der Waals surface area contributed by atoms with Crippen molar-refractivity contribution in [1.82, 2.24) is 30.5 Å². The molecule has 0 radical (unpaired) electrons. The highest BCUT2D eigenvalue weighted by molar-refractivity contribution is 9.10. The molecule has 2 aromatic heterocycles. The number of ether oxygens (including phenoxy) is 2. The molecule has 2 heterocycles. The number of aromatic nitrogens is 5. The van der Waals surface area contributed by atoms with Gasteiger partial charge in [0.15, 0.2) is 11.5 Å². The van der Waals surface area contributed by atoms with Crippen LogP contribution in [-0.4, -0.2) is 44.6 Å². The number of hydrogen-bond acceptors (Lipinski definition) is 8. The standard InChI is InChI=1S/C24H25BrN6O2S.ClH/c1-32-22-14-19(13-21(25)23(22)33-17-18-7-5-10-26-15-18)16-27-11-6-12-34-24-28-29-30-31(24)20-8-3-2-4-9-20;/h2-5,7-10,13-15,27H,6,11-12,16-17H2,1H3;1H. The number of benzene rings is 2. The minimum Gasteiger partial charge on any atom is -0.493 e. The van der Waals surface area contributed by atoms with Crippen LogP contribution in [-0.2, 0) is 13.2 Å². The zero-order valence-corrected chi connectivity index (χ0v) is 22.4. The molecule has 0 fully saturated rings. The van der Waals surface area contributed by atoms with Gasteiger partial charge in [-0.15, -0.1) is 17.5 Å². The van der Waals surface area contributed by atoms with E-state index in [0.29, 0.717) is 18.1 Å². The van der Waals surface area contributed by atoms with E-state index in [0.717, 1.165) is 51.7 Å². The van der Waals surface area contributed by atoms with Crippen molar-refractivity contribution in [2.24, 2.45) is 0 Å². The molecular weight excluding hydrogens is 552 g/mol. The van der Waals surface area contributed by atoms with Gasteiger partial charge in [0.25, 0.3) is 0 Å². The Labute approximate surface area is 223 Å². The van der Waals surface area contributed by atoms with Crippen molar-refractivity contribution in [2.45, 2.75) is 24.7 Å². The average molecular weight is 578 g/mol. The number of methoxy groups -OCH3 is 1. The molecule has 0 unspecified atom stereocenters. The number of para-hydroxylation sites is 1. The van der Waals surface area contributed by atoms with Crippen molar-refractivity contribution < 1.29 is 9.47 Å². The Morgan fingerprint density at radius 1 is 1.09 bits per heavy atom. The molecule has 0 atom stereocenters. The first kappa shape index (κ1) is 26.9. The lowest BCUT2D eigenvalue weighted by atomic mass is 10.2. The van der Waals surface area contributed by atoms with E-state index in [4.69, 9.17) is 9.47 Å². The van der Waals surface area contributed by atoms with E-state index in [1.54, 1.807) is 35.9 Å². The summed E-state index contributed by atoms with van der Waals surface area (Å²) >= 11 is 5.27. The number of hydrogen-bond donors (Lipinski definition) is 1. The first-order valence-corrected chi connectivity index (χ1v) is 12.6. The third-order valence-corrected chi connectivity index (χ3v) is 6.49. The molecule has 0 aliphatic carbocycles. The van der Waals surface area contributed by atoms with E-state index < -0.39 is 0 Å². The van der Waals surface area contributed by atoms with Crippen molar-refractivity contribution in [3.63, 3.8) is 0 Å². The highest BCUT2D eigenvalue weighted by Gasteiger charge is 2.12. The third-order valence-electron chi connectivity index (χ3n) is 4.90. The summed E-state index contributed by atoms with van der Waals surface area (Å²) < 4.78 is 14.2. The fourth-order valence-electron chi connectivity index (χ4n) is 3.25. The topological polar surface area (TPSA) is 87.0 Å². The molecule has 0 saturated heterocycles. The summed E-state index contributed by atoms with van der Waals surface area (Å²) in [6.45, 7) is 2.02. The van der Waals surface area contributed by atoms with Gasteiger partial charge >= 0.3 is 0 Å². The Hall–Kier alpha value is -2.66. The fourth-order valence-corrected chi connectivity index (χ4v) is 4.68. The van der Waals surface area contributed by atoms with E-state index in [2.05, 4.69) is 47.8 Å². The van der Waals surface area contributed by atoms with Crippen LogP contribution in [0.1, 0.15) is 17.5 Å². The second-order valence-electron chi connectivity index (χ2n) is 7.35. The van der Waals surface area contributed by atoms with Crippen LogP contribution in [0.15, 0.2) is 76.6 Å². The summed E-state index contributed by atoms with van der Waals surface area (Å²) in [4.78, 5) is 4.12. The number of tetrazole rings is 1. The lowest BCUT2D eigenvalue weighted by molar-refractivity contribution is 0.282. The maximum absolute atomic E-state index is 5.98. The fraction of sp³-hybridized carbons (Fsp3) is 0.250. The van der Waals surface area contributed by atoms with Crippen molar-refractivity contribution in [3.05, 3.63) is 82.6 Å². The first-order valence-electron chi connectivity index (χ1n) is 10.8. The average Bonchev–Trinajstić information content (AvgIpc) is 3.35. The monoisotopic (exact) mass is 576 g/mol. The summed E-state index contributed by atoms with van der Waals surface area (Å²) in [5.41, 5.74) is 3.07. The van der Waals surface area contributed by atoms with Gasteiger partial charge in [0.2, 0.25) is 5.16 Å². The van der Waals surface area contributed by atoms with E-state index in [1.807, 2.05) is 48.5 Å². The van der Waals surface area contributed by atoms with Crippen molar-refractivity contribution in [1.29, 1.82) is 0 Å². The SMILES string of the molecule is COc1cc(CNCCCSc2nnnn2-c2ccccc2)cc(Br)c1OCc1cccnc1.Cl. The van der Waals surface area contributed by atoms with Gasteiger partial charge in [-0.25, -0.2) is 0 Å². The van der Waals surface area contributed by atoms with Gasteiger partial charge in [0, 0.05) is 30.3 Å². The molecule has 8 nitrogen and oxygen atoms in total. The van der Waals surface area contributed by atoms with Crippen LogP contribution in [0.25, 0.3) is 5.69 Å². The molecule has 0 saturated carbocycles. The summed E-state index contributed by atoms with van der Waals surface area (Å²) in [6, 6.07) is 17.8. The summed E-state index contributed by atoms with van der Waals surface area (Å²) in [5.74, 6) is 2.29. The second kappa shape index (κ2) is 14.0. The quantitative estimate of drug-likeness (QED) is 0.184. The van der Waals surface area contributed by atoms with Gasteiger partial charge in [-0.1, -0.05) is 36.0 Å². The van der Waals surface area contributed by atoms with E-state index in [1.165, 1.54) is 0 Å². The Morgan fingerprint density at radius 2 is 1.94 bits per heavy atom. The third kappa shape index (κ3) is 7.66. The Morgan fingerprint density at radius 3 is 2.71 bits per heavy atom. The van der Waals surface area contributed by atoms with Gasteiger partial charge in [-0.2, -0.15) is 4.68 Å². The number of nitrogens with one attached hydrogen (secondary N) is 1. The minimum atomic E-state index is 0. The van der Waals surface area contributed by atoms with Crippen LogP contribution in [0.3, 0.4) is 0 Å². The number of halogens is 2. The molecule has 1 N–H and O–H groups in total. The largest absolute Gasteiger partial charge is 0.493 e. The Balaban J connectivity index is 0.00000342. The summed E-state index contributed by atoms with van der Waals surface area (Å²) in [6.07, 6.45) is 4.52. The van der Waals surface area contributed by atoms with Crippen molar-refractivity contribution in [3.8, 4) is 17.2 Å². The number of rotatable bonds is 12. The van der Waals surface area contributed by atoms with Crippen LogP contribution in [0.2, 0.25) is 0 Å². The summed E-state index contributed by atoms with van der Waals surface area (Å²) in [7, 11) is 1.65. The predicted molar refractivity (Wildman–Crippen MR) is 143 cm³/mol. The zero-order valence-electron chi connectivity index (χ0n) is 19.1. The Kier molecular flexibility index (Phi) is 10.8. The predicted octanol–water partition coefficient (Wildman–Crippen LogP) is 5.10. The minimum absolute atomic E-state index is 0. The molecule has 35 heavy (non-hydrogen) atoms. The van der Waals surface area contributed by atoms with Crippen LogP contribution < -0.4 is 14.8 Å². The molecule has 0 aliphatic rings. The van der Waals surface area contributed by atoms with Gasteiger partial charge in [0.1, 0.15) is 6.61 Å². The molecule has 0 aliphatic heterocycles. The molecule has 4 rings (SSSR count). The van der Waals surface area contributed by atoms with E-state index in [-0.39, 0.29) is 12.4 Å². The lowest BCUT2D eigenvalue weighted by Gasteiger charge is -2.15. The van der Waals surface area contributed by atoms with Gasteiger partial charge in [-0.3, -0.25) is 4.98 Å². The maximum Gasteiger partial charge on any atom is 0.214 e. The lowest BCUT2D eigenvalue weighted by Crippen LogP contribution is -2.15. The highest BCUT2D eigenvalue weighted by atomic mass is 79.9. The zero-order chi connectivity index (χ0) is 23.6. The van der Waals surface area contributed by atoms with Crippen molar-refractivity contribution >= 4 is 40.1 Å². The van der Waals surface area contributed by atoms with E-state index in [9.17, 15) is 0 Å². The first-order chi connectivity index (χ1) is 16.7. The molecule has 0 spiro atoms. The maximum atomic E-state index is 5.98. The molecule has 184 valence electrons. The smallest absolute Gasteiger partial charge is 0.214 e. The van der Waals surface area contributed by atoms with Gasteiger partial charge < -0.3 is 14.8 Å². The normalized spacial score (nSPS) is 10.6. The second-order valence-corrected chi connectivity index (χ2v) is 9.26. The van der Waals surface area contributed by atoms with Crippen molar-refractivity contribution in [2.75, 3.05) is 19.4 Å². The van der Waals surface area contributed by atoms with E-state index >= 15 is 0 Å². The van der Waals surface area contributed by atoms with Gasteiger partial charge in [0.05, 0.1) is 17.3 Å². The Bertz CT molecular complexity index is 1180. The van der Waals surface area contributed by atoms with Crippen LogP contribution in [0, 0.1) is 0 Å². The highest BCUT2D eigenvalue weighted by Crippen LogP contribution is 2.37. The molecular formula is C24H26BrClN6O2S. The molecule has 4 aromatic rings. The molecule has 0 amide bonds. The summed E-state index contributed by atoms with van der Waals surface area (Å²) in [5, 5.41) is 16.3. The van der Waals surface area contributed by atoms with Crippen LogP contribution >= 0.6 is 40.1 Å². The van der Waals surface area contributed by atoms with Crippen LogP contribution in [0.5, 0.6) is 11.5 Å². The molecule has 0 bridgehead atoms. The number of thioether (sulfide) groups is 1. The number of nitrogens with zero attached hydrogens (tertiary/aromatic N) is 5. The van der Waals surface area contributed by atoms with Crippen LogP contribution in [0.4, 0.5) is 0 Å². The molecule has 2 aromatic carbocycles. The number of pyridine rings is 1.